The summed E-state index contributed by atoms with van der Waals surface area (Å²) in [5, 5.41) is 3.08. The van der Waals surface area contributed by atoms with Gasteiger partial charge >= 0.3 is 0 Å². The molecule has 2 aromatic rings. The fourth-order valence-electron chi connectivity index (χ4n) is 1.13. The van der Waals surface area contributed by atoms with Crippen molar-refractivity contribution >= 4 is 21.7 Å². The number of allylic oxidation sites excluding steroid dienone is 2. The lowest BCUT2D eigenvalue weighted by Crippen LogP contribution is -2.02. The number of pyridine rings is 1. The fraction of sp³-hybridized carbons (Fsp3) is 0.133. The van der Waals surface area contributed by atoms with Crippen molar-refractivity contribution in [1.29, 1.82) is 0 Å². The first kappa shape index (κ1) is 17.0. The van der Waals surface area contributed by atoms with Crippen molar-refractivity contribution in [3.8, 4) is 0 Å². The normalized spacial score (nSPS) is 9.29. The molecule has 21 heavy (non-hydrogen) atoms. The largest absolute Gasteiger partial charge is 0.366 e. The van der Waals surface area contributed by atoms with E-state index in [1.54, 1.807) is 18.2 Å². The van der Waals surface area contributed by atoms with Gasteiger partial charge in [-0.2, -0.15) is 4.39 Å². The lowest BCUT2D eigenvalue weighted by atomic mass is 10.3. The molecule has 0 fully saturated rings. The molecule has 110 valence electrons. The molecule has 0 aliphatic carbocycles. The molecule has 0 aromatic carbocycles. The monoisotopic (exact) mass is 350 g/mol. The van der Waals surface area contributed by atoms with Crippen LogP contribution in [0.15, 0.2) is 60.1 Å². The highest BCUT2D eigenvalue weighted by Gasteiger charge is 1.97. The molecule has 6 heteroatoms. The van der Waals surface area contributed by atoms with Crippen molar-refractivity contribution in [3.63, 3.8) is 0 Å². The second-order valence-electron chi connectivity index (χ2n) is 4.12. The topological polar surface area (TPSA) is 50.7 Å². The van der Waals surface area contributed by atoms with Gasteiger partial charge in [-0.3, -0.25) is 0 Å². The van der Waals surface area contributed by atoms with Gasteiger partial charge in [0.2, 0.25) is 5.95 Å². The quantitative estimate of drug-likeness (QED) is 0.511. The van der Waals surface area contributed by atoms with Crippen LogP contribution in [0, 0.1) is 5.95 Å². The van der Waals surface area contributed by atoms with Crippen molar-refractivity contribution < 1.29 is 4.39 Å². The summed E-state index contributed by atoms with van der Waals surface area (Å²) in [4.78, 5) is 11.5. The Kier molecular flexibility index (Phi) is 7.25. The van der Waals surface area contributed by atoms with Gasteiger partial charge in [0.1, 0.15) is 16.7 Å². The molecule has 0 saturated carbocycles. The zero-order chi connectivity index (χ0) is 15.7. The highest BCUT2D eigenvalue weighted by Crippen LogP contribution is 2.10. The predicted molar refractivity (Wildman–Crippen MR) is 86.3 cm³/mol. The van der Waals surface area contributed by atoms with E-state index in [2.05, 4.69) is 49.4 Å². The Morgan fingerprint density at radius 2 is 2.10 bits per heavy atom. The standard InChI is InChI=1S/C10H8BrFN4.C5H8/c11-8-3-10(16-6-15-8)14-5-7-1-2-9(12)13-4-7;1-4-5(2)3/h1-4,6H,5H2,(H,14,15,16);4H,1-2H2,3H3. The van der Waals surface area contributed by atoms with Crippen molar-refractivity contribution in [2.45, 2.75) is 13.5 Å². The van der Waals surface area contributed by atoms with Gasteiger partial charge in [0.05, 0.1) is 0 Å². The van der Waals surface area contributed by atoms with Gasteiger partial charge in [0.15, 0.2) is 0 Å². The fourth-order valence-corrected chi connectivity index (χ4v) is 1.44. The van der Waals surface area contributed by atoms with E-state index in [1.807, 2.05) is 6.92 Å². The van der Waals surface area contributed by atoms with Crippen LogP contribution >= 0.6 is 15.9 Å². The van der Waals surface area contributed by atoms with Gasteiger partial charge in [-0.25, -0.2) is 15.0 Å². The summed E-state index contributed by atoms with van der Waals surface area (Å²) in [6.45, 7) is 9.46. The molecule has 0 aliphatic heterocycles. The molecular weight excluding hydrogens is 335 g/mol. The van der Waals surface area contributed by atoms with E-state index >= 15 is 0 Å². The van der Waals surface area contributed by atoms with Crippen molar-refractivity contribution in [3.05, 3.63) is 71.6 Å². The highest BCUT2D eigenvalue weighted by atomic mass is 79.9. The van der Waals surface area contributed by atoms with E-state index in [1.165, 1.54) is 18.6 Å². The van der Waals surface area contributed by atoms with Gasteiger partial charge in [0.25, 0.3) is 0 Å². The van der Waals surface area contributed by atoms with Crippen LogP contribution in [0.1, 0.15) is 12.5 Å². The molecule has 0 aliphatic rings. The van der Waals surface area contributed by atoms with E-state index in [4.69, 9.17) is 0 Å². The Balaban J connectivity index is 0.000000383. The lowest BCUT2D eigenvalue weighted by molar-refractivity contribution is 0.582. The van der Waals surface area contributed by atoms with Gasteiger partial charge < -0.3 is 5.32 Å². The number of halogens is 2. The summed E-state index contributed by atoms with van der Waals surface area (Å²) in [6.07, 6.45) is 4.66. The summed E-state index contributed by atoms with van der Waals surface area (Å²) < 4.78 is 13.3. The maximum Gasteiger partial charge on any atom is 0.212 e. The minimum Gasteiger partial charge on any atom is -0.366 e. The molecule has 0 spiro atoms. The Bertz CT molecular complexity index is 599. The summed E-state index contributed by atoms with van der Waals surface area (Å²) in [6, 6.07) is 4.76. The second-order valence-corrected chi connectivity index (χ2v) is 4.93. The van der Waals surface area contributed by atoms with Gasteiger partial charge in [-0.05, 0) is 34.5 Å². The highest BCUT2D eigenvalue weighted by molar-refractivity contribution is 9.10. The van der Waals surface area contributed by atoms with Crippen LogP contribution in [-0.2, 0) is 6.54 Å². The zero-order valence-electron chi connectivity index (χ0n) is 11.7. The number of rotatable bonds is 4. The van der Waals surface area contributed by atoms with Crippen LogP contribution in [0.25, 0.3) is 0 Å². The minimum absolute atomic E-state index is 0.478. The summed E-state index contributed by atoms with van der Waals surface area (Å²) in [5.74, 6) is 0.222. The van der Waals surface area contributed by atoms with E-state index < -0.39 is 5.95 Å². The summed E-state index contributed by atoms with van der Waals surface area (Å²) >= 11 is 3.24. The molecule has 0 saturated heterocycles. The van der Waals surface area contributed by atoms with Crippen molar-refractivity contribution in [2.75, 3.05) is 5.32 Å². The third-order valence-corrected chi connectivity index (χ3v) is 2.68. The first-order valence-corrected chi connectivity index (χ1v) is 6.90. The Morgan fingerprint density at radius 1 is 1.38 bits per heavy atom. The molecule has 0 amide bonds. The minimum atomic E-state index is -0.478. The van der Waals surface area contributed by atoms with Crippen molar-refractivity contribution in [2.24, 2.45) is 0 Å². The Hall–Kier alpha value is -2.08. The Labute approximate surface area is 132 Å². The lowest BCUT2D eigenvalue weighted by Gasteiger charge is -2.04. The smallest absolute Gasteiger partial charge is 0.212 e. The average molecular weight is 351 g/mol. The molecular formula is C15H16BrFN4. The summed E-state index contributed by atoms with van der Waals surface area (Å²) in [7, 11) is 0. The maximum absolute atomic E-state index is 12.5. The number of hydrogen-bond acceptors (Lipinski definition) is 4. The molecule has 0 unspecified atom stereocenters. The van der Waals surface area contributed by atoms with Crippen LogP contribution in [0.2, 0.25) is 0 Å². The third-order valence-electron chi connectivity index (χ3n) is 2.24. The number of nitrogens with zero attached hydrogens (tertiary/aromatic N) is 3. The number of hydrogen-bond donors (Lipinski definition) is 1. The molecule has 2 rings (SSSR count). The van der Waals surface area contributed by atoms with Crippen LogP contribution in [-0.4, -0.2) is 15.0 Å². The van der Waals surface area contributed by atoms with E-state index in [0.717, 1.165) is 11.1 Å². The van der Waals surface area contributed by atoms with E-state index in [0.29, 0.717) is 17.0 Å². The Morgan fingerprint density at radius 3 is 2.62 bits per heavy atom. The van der Waals surface area contributed by atoms with Gasteiger partial charge in [0, 0.05) is 18.8 Å². The predicted octanol–water partition coefficient (Wildman–Crippen LogP) is 4.13. The first-order chi connectivity index (χ1) is 10.0. The van der Waals surface area contributed by atoms with Crippen LogP contribution in [0.3, 0.4) is 0 Å². The molecule has 2 heterocycles. The molecule has 2 aromatic heterocycles. The molecule has 0 bridgehead atoms. The zero-order valence-corrected chi connectivity index (χ0v) is 13.3. The van der Waals surface area contributed by atoms with Crippen LogP contribution in [0.5, 0.6) is 0 Å². The average Bonchev–Trinajstić information content (AvgIpc) is 2.47. The molecule has 0 atom stereocenters. The van der Waals surface area contributed by atoms with E-state index in [-0.39, 0.29) is 0 Å². The number of anilines is 1. The van der Waals surface area contributed by atoms with E-state index in [9.17, 15) is 4.39 Å². The SMILES string of the molecule is C=CC(=C)C.Fc1ccc(CNc2cc(Br)ncn2)cn1. The molecule has 4 nitrogen and oxygen atoms in total. The summed E-state index contributed by atoms with van der Waals surface area (Å²) in [5.41, 5.74) is 1.90. The number of nitrogens with one attached hydrogen (secondary N) is 1. The van der Waals surface area contributed by atoms with Gasteiger partial charge in [-0.1, -0.05) is 30.9 Å². The maximum atomic E-state index is 12.5. The third kappa shape index (κ3) is 7.31. The van der Waals surface area contributed by atoms with Crippen molar-refractivity contribution in [1.82, 2.24) is 15.0 Å². The second kappa shape index (κ2) is 8.97. The van der Waals surface area contributed by atoms with Gasteiger partial charge in [-0.15, -0.1) is 0 Å². The molecule has 1 N–H and O–H groups in total. The van der Waals surface area contributed by atoms with Crippen LogP contribution in [0.4, 0.5) is 10.2 Å². The first-order valence-electron chi connectivity index (χ1n) is 6.11. The van der Waals surface area contributed by atoms with Crippen LogP contribution < -0.4 is 5.32 Å². The number of aromatic nitrogens is 3. The molecule has 0 radical (unpaired) electrons.